The van der Waals surface area contributed by atoms with Gasteiger partial charge in [-0.15, -0.1) is 0 Å². The number of nitrogens with one attached hydrogen (secondary N) is 2. The summed E-state index contributed by atoms with van der Waals surface area (Å²) in [7, 11) is 1.82. The SMILES string of the molecule is CNCc1cc(COc2cccc3c2CN(C2CCC(=O)NC2=O)C3=O)on1. The van der Waals surface area contributed by atoms with Gasteiger partial charge in [-0.1, -0.05) is 11.2 Å². The monoisotopic (exact) mass is 384 g/mol. The molecule has 28 heavy (non-hydrogen) atoms. The molecule has 2 aliphatic heterocycles. The highest BCUT2D eigenvalue weighted by atomic mass is 16.5. The fourth-order valence-corrected chi connectivity index (χ4v) is 3.53. The molecule has 3 heterocycles. The number of aromatic nitrogens is 1. The molecule has 4 rings (SSSR count). The summed E-state index contributed by atoms with van der Waals surface area (Å²) >= 11 is 0. The molecule has 9 heteroatoms. The van der Waals surface area contributed by atoms with Crippen molar-refractivity contribution in [3.63, 3.8) is 0 Å². The zero-order chi connectivity index (χ0) is 19.7. The first-order valence-electron chi connectivity index (χ1n) is 9.05. The van der Waals surface area contributed by atoms with E-state index in [1.807, 2.05) is 7.05 Å². The molecule has 0 bridgehead atoms. The number of imide groups is 1. The average molecular weight is 384 g/mol. The average Bonchev–Trinajstić information content (AvgIpc) is 3.26. The molecule has 0 spiro atoms. The summed E-state index contributed by atoms with van der Waals surface area (Å²) in [5.41, 5.74) is 2.02. The zero-order valence-electron chi connectivity index (χ0n) is 15.4. The Kier molecular flexibility index (Phi) is 4.82. The summed E-state index contributed by atoms with van der Waals surface area (Å²) in [6, 6.07) is 6.40. The fraction of sp³-hybridized carbons (Fsp3) is 0.368. The van der Waals surface area contributed by atoms with Crippen LogP contribution >= 0.6 is 0 Å². The van der Waals surface area contributed by atoms with Crippen molar-refractivity contribution in [1.82, 2.24) is 20.7 Å². The van der Waals surface area contributed by atoms with Crippen LogP contribution in [0.5, 0.6) is 5.75 Å². The fourth-order valence-electron chi connectivity index (χ4n) is 3.53. The number of carbonyl (C=O) groups excluding carboxylic acids is 3. The Morgan fingerprint density at radius 1 is 1.36 bits per heavy atom. The van der Waals surface area contributed by atoms with Crippen molar-refractivity contribution in [2.24, 2.45) is 0 Å². The topological polar surface area (TPSA) is 114 Å². The summed E-state index contributed by atoms with van der Waals surface area (Å²) in [5, 5.41) is 9.23. The number of piperidine rings is 1. The first-order valence-corrected chi connectivity index (χ1v) is 9.05. The van der Waals surface area contributed by atoms with E-state index in [9.17, 15) is 14.4 Å². The molecule has 1 saturated heterocycles. The molecular weight excluding hydrogens is 364 g/mol. The van der Waals surface area contributed by atoms with E-state index in [2.05, 4.69) is 15.8 Å². The first-order chi connectivity index (χ1) is 13.6. The Balaban J connectivity index is 1.49. The van der Waals surface area contributed by atoms with Crippen LogP contribution in [-0.4, -0.2) is 40.9 Å². The molecule has 2 aromatic rings. The van der Waals surface area contributed by atoms with Crippen molar-refractivity contribution >= 4 is 17.7 Å². The summed E-state index contributed by atoms with van der Waals surface area (Å²) in [6.45, 7) is 1.04. The van der Waals surface area contributed by atoms with Crippen LogP contribution in [0.2, 0.25) is 0 Å². The van der Waals surface area contributed by atoms with Crippen molar-refractivity contribution in [1.29, 1.82) is 0 Å². The Morgan fingerprint density at radius 3 is 3.00 bits per heavy atom. The molecule has 2 N–H and O–H groups in total. The second kappa shape index (κ2) is 7.43. The predicted octanol–water partition coefficient (Wildman–Crippen LogP) is 0.734. The molecule has 1 aromatic carbocycles. The number of hydrogen-bond acceptors (Lipinski definition) is 7. The highest BCUT2D eigenvalue weighted by Gasteiger charge is 2.40. The van der Waals surface area contributed by atoms with Gasteiger partial charge >= 0.3 is 0 Å². The van der Waals surface area contributed by atoms with Crippen LogP contribution < -0.4 is 15.4 Å². The van der Waals surface area contributed by atoms with E-state index >= 15 is 0 Å². The number of amides is 3. The maximum Gasteiger partial charge on any atom is 0.255 e. The normalized spacial score (nSPS) is 19.0. The minimum atomic E-state index is -0.649. The van der Waals surface area contributed by atoms with Crippen LogP contribution in [0.25, 0.3) is 0 Å². The maximum absolute atomic E-state index is 12.8. The van der Waals surface area contributed by atoms with E-state index < -0.39 is 11.9 Å². The van der Waals surface area contributed by atoms with Gasteiger partial charge in [0.05, 0.1) is 12.2 Å². The lowest BCUT2D eigenvalue weighted by atomic mass is 10.0. The largest absolute Gasteiger partial charge is 0.485 e. The quantitative estimate of drug-likeness (QED) is 0.706. The summed E-state index contributed by atoms with van der Waals surface area (Å²) < 4.78 is 11.1. The van der Waals surface area contributed by atoms with Crippen LogP contribution in [0, 0.1) is 0 Å². The minimum Gasteiger partial charge on any atom is -0.485 e. The molecule has 2 aliphatic rings. The standard InChI is InChI=1S/C19H20N4O5/c1-20-8-11-7-12(28-22-11)10-27-16-4-2-3-13-14(16)9-23(19(13)26)15-5-6-17(24)21-18(15)25/h2-4,7,15,20H,5-6,8-10H2,1H3,(H,21,24,25). The Hall–Kier alpha value is -3.20. The second-order valence-corrected chi connectivity index (χ2v) is 6.79. The lowest BCUT2D eigenvalue weighted by Crippen LogP contribution is -2.52. The van der Waals surface area contributed by atoms with E-state index in [0.717, 1.165) is 11.3 Å². The minimum absolute atomic E-state index is 0.180. The van der Waals surface area contributed by atoms with E-state index in [1.54, 1.807) is 24.3 Å². The van der Waals surface area contributed by atoms with Crippen molar-refractivity contribution in [3.8, 4) is 5.75 Å². The highest BCUT2D eigenvalue weighted by Crippen LogP contribution is 2.33. The van der Waals surface area contributed by atoms with Crippen molar-refractivity contribution in [2.45, 2.75) is 38.6 Å². The number of carbonyl (C=O) groups is 3. The van der Waals surface area contributed by atoms with Crippen molar-refractivity contribution < 1.29 is 23.6 Å². The van der Waals surface area contributed by atoms with Gasteiger partial charge in [-0.05, 0) is 25.6 Å². The van der Waals surface area contributed by atoms with Crippen LogP contribution in [0.15, 0.2) is 28.8 Å². The summed E-state index contributed by atoms with van der Waals surface area (Å²) in [6.07, 6.45) is 0.549. The van der Waals surface area contributed by atoms with Gasteiger partial charge < -0.3 is 19.5 Å². The zero-order valence-corrected chi connectivity index (χ0v) is 15.4. The van der Waals surface area contributed by atoms with Crippen LogP contribution in [0.3, 0.4) is 0 Å². The summed E-state index contributed by atoms with van der Waals surface area (Å²) in [5.74, 6) is 0.171. The molecule has 0 saturated carbocycles. The molecule has 1 aromatic heterocycles. The molecule has 3 amide bonds. The number of nitrogens with zero attached hydrogens (tertiary/aromatic N) is 2. The first kappa shape index (κ1) is 18.2. The lowest BCUT2D eigenvalue weighted by molar-refractivity contribution is -0.136. The Morgan fingerprint density at radius 2 is 2.21 bits per heavy atom. The van der Waals surface area contributed by atoms with Gasteiger partial charge in [-0.25, -0.2) is 0 Å². The predicted molar refractivity (Wildman–Crippen MR) is 96.1 cm³/mol. The molecular formula is C19H20N4O5. The van der Waals surface area contributed by atoms with Gasteiger partial charge in [0.2, 0.25) is 11.8 Å². The van der Waals surface area contributed by atoms with Gasteiger partial charge in [0, 0.05) is 30.2 Å². The third-order valence-corrected chi connectivity index (χ3v) is 4.87. The van der Waals surface area contributed by atoms with Crippen LogP contribution in [0.4, 0.5) is 0 Å². The Bertz CT molecular complexity index is 938. The van der Waals surface area contributed by atoms with Gasteiger partial charge in [0.15, 0.2) is 5.76 Å². The molecule has 1 fully saturated rings. The van der Waals surface area contributed by atoms with Crippen molar-refractivity contribution in [3.05, 3.63) is 46.8 Å². The molecule has 0 radical (unpaired) electrons. The number of fused-ring (bicyclic) bond motifs is 1. The molecule has 1 unspecified atom stereocenters. The third-order valence-electron chi connectivity index (χ3n) is 4.87. The maximum atomic E-state index is 12.8. The van der Waals surface area contributed by atoms with Crippen LogP contribution in [-0.2, 0) is 29.3 Å². The van der Waals surface area contributed by atoms with Crippen molar-refractivity contribution in [2.75, 3.05) is 7.05 Å². The number of ether oxygens (including phenoxy) is 1. The van der Waals surface area contributed by atoms with Crippen LogP contribution in [0.1, 0.15) is 40.2 Å². The van der Waals surface area contributed by atoms with E-state index in [4.69, 9.17) is 9.26 Å². The number of hydrogen-bond donors (Lipinski definition) is 2. The molecule has 1 atom stereocenters. The highest BCUT2D eigenvalue weighted by molar-refractivity contribution is 6.05. The third kappa shape index (κ3) is 3.36. The van der Waals surface area contributed by atoms with Gasteiger partial charge in [0.25, 0.3) is 5.91 Å². The van der Waals surface area contributed by atoms with E-state index in [1.165, 1.54) is 4.90 Å². The van der Waals surface area contributed by atoms with E-state index in [-0.39, 0.29) is 31.4 Å². The smallest absolute Gasteiger partial charge is 0.255 e. The Labute approximate surface area is 161 Å². The van der Waals surface area contributed by atoms with Gasteiger partial charge in [-0.3, -0.25) is 19.7 Å². The van der Waals surface area contributed by atoms with Gasteiger partial charge in [0.1, 0.15) is 18.4 Å². The second-order valence-electron chi connectivity index (χ2n) is 6.79. The van der Waals surface area contributed by atoms with E-state index in [0.29, 0.717) is 30.0 Å². The molecule has 9 nitrogen and oxygen atoms in total. The number of rotatable bonds is 6. The number of benzene rings is 1. The molecule has 0 aliphatic carbocycles. The summed E-state index contributed by atoms with van der Waals surface area (Å²) in [4.78, 5) is 37.8. The molecule has 146 valence electrons. The van der Waals surface area contributed by atoms with Gasteiger partial charge in [-0.2, -0.15) is 0 Å². The lowest BCUT2D eigenvalue weighted by Gasteiger charge is -2.29.